The molecule has 110 valence electrons. The fourth-order valence-electron chi connectivity index (χ4n) is 1.46. The first-order valence-corrected chi connectivity index (χ1v) is 5.18. The Morgan fingerprint density at radius 2 is 1.80 bits per heavy atom. The molecule has 0 atom stereocenters. The number of rotatable bonds is 3. The van der Waals surface area contributed by atoms with Crippen LogP contribution in [0.3, 0.4) is 0 Å². The second-order valence-corrected chi connectivity index (χ2v) is 3.60. The molecule has 0 unspecified atom stereocenters. The van der Waals surface area contributed by atoms with Gasteiger partial charge in [0.05, 0.1) is 25.3 Å². The molecule has 0 heterocycles. The molecular weight excluding hydrogens is 279 g/mol. The van der Waals surface area contributed by atoms with Crippen LogP contribution in [0.4, 0.5) is 13.2 Å². The van der Waals surface area contributed by atoms with Crippen LogP contribution in [-0.4, -0.2) is 26.1 Å². The third-order valence-electron chi connectivity index (χ3n) is 2.27. The topological polar surface area (TPSA) is 99.9 Å². The maximum absolute atomic E-state index is 12.8. The van der Waals surface area contributed by atoms with Crippen molar-refractivity contribution in [1.82, 2.24) is 0 Å². The predicted octanol–water partition coefficient (Wildman–Crippen LogP) is 1.14. The van der Waals surface area contributed by atoms with Crippen molar-refractivity contribution in [3.05, 3.63) is 23.3 Å². The Bertz CT molecular complexity index is 552. The summed E-state index contributed by atoms with van der Waals surface area (Å²) in [5.74, 6) is -2.08. The molecular formula is C11H12F3N3O3. The highest BCUT2D eigenvalue weighted by molar-refractivity contribution is 6.04. The molecule has 0 spiro atoms. The highest BCUT2D eigenvalue weighted by atomic mass is 19.4. The van der Waals surface area contributed by atoms with Gasteiger partial charge in [0.25, 0.3) is 5.91 Å². The summed E-state index contributed by atoms with van der Waals surface area (Å²) in [6.45, 7) is 0. The summed E-state index contributed by atoms with van der Waals surface area (Å²) in [5, 5.41) is 0. The molecule has 20 heavy (non-hydrogen) atoms. The van der Waals surface area contributed by atoms with Crippen LogP contribution in [0.2, 0.25) is 0 Å². The molecule has 0 aromatic heterocycles. The zero-order valence-corrected chi connectivity index (χ0v) is 10.6. The number of alkyl halides is 3. The molecule has 0 bridgehead atoms. The molecule has 0 aliphatic heterocycles. The Morgan fingerprint density at radius 3 is 2.20 bits per heavy atom. The number of hydrogen-bond donors (Lipinski definition) is 2. The molecule has 1 amide bonds. The van der Waals surface area contributed by atoms with E-state index in [-0.39, 0.29) is 11.5 Å². The normalized spacial score (nSPS) is 10.8. The number of nitrogens with two attached hydrogens (primary N) is 2. The number of amides is 1. The summed E-state index contributed by atoms with van der Waals surface area (Å²) in [6.07, 6.45) is -4.66. The third kappa shape index (κ3) is 3.31. The zero-order valence-electron chi connectivity index (χ0n) is 10.6. The van der Waals surface area contributed by atoms with Crippen molar-refractivity contribution in [2.75, 3.05) is 14.2 Å². The van der Waals surface area contributed by atoms with Gasteiger partial charge in [-0.15, -0.1) is 0 Å². The molecule has 1 rings (SSSR count). The van der Waals surface area contributed by atoms with E-state index in [1.165, 1.54) is 7.11 Å². The highest BCUT2D eigenvalue weighted by Gasteiger charge is 2.34. The van der Waals surface area contributed by atoms with Gasteiger partial charge in [0.15, 0.2) is 17.5 Å². The number of aliphatic imine (C=N–C) groups is 1. The van der Waals surface area contributed by atoms with Crippen LogP contribution in [0, 0.1) is 0 Å². The van der Waals surface area contributed by atoms with Crippen molar-refractivity contribution in [2.45, 2.75) is 6.18 Å². The lowest BCUT2D eigenvalue weighted by Crippen LogP contribution is -2.24. The van der Waals surface area contributed by atoms with E-state index in [1.54, 1.807) is 0 Å². The summed E-state index contributed by atoms with van der Waals surface area (Å²) >= 11 is 0. The lowest BCUT2D eigenvalue weighted by atomic mass is 10.1. The van der Waals surface area contributed by atoms with Gasteiger partial charge in [-0.3, -0.25) is 4.79 Å². The van der Waals surface area contributed by atoms with E-state index in [4.69, 9.17) is 20.9 Å². The van der Waals surface area contributed by atoms with Gasteiger partial charge in [-0.05, 0) is 12.1 Å². The Morgan fingerprint density at radius 1 is 1.20 bits per heavy atom. The number of guanidine groups is 1. The third-order valence-corrected chi connectivity index (χ3v) is 2.27. The number of carbonyl (C=O) groups is 1. The smallest absolute Gasteiger partial charge is 0.416 e. The second kappa shape index (κ2) is 5.68. The minimum Gasteiger partial charge on any atom is -0.493 e. The van der Waals surface area contributed by atoms with Gasteiger partial charge in [0.2, 0.25) is 0 Å². The van der Waals surface area contributed by atoms with Crippen LogP contribution in [0.15, 0.2) is 17.1 Å². The van der Waals surface area contributed by atoms with Gasteiger partial charge in [-0.2, -0.15) is 18.2 Å². The fraction of sp³-hybridized carbons (Fsp3) is 0.273. The SMILES string of the molecule is COc1cc(C(F)(F)F)cc(C(=O)N=C(N)N)c1OC. The molecule has 0 saturated heterocycles. The summed E-state index contributed by atoms with van der Waals surface area (Å²) in [5.41, 5.74) is 8.53. The minimum absolute atomic E-state index is 0.185. The first-order chi connectivity index (χ1) is 9.20. The second-order valence-electron chi connectivity index (χ2n) is 3.60. The van der Waals surface area contributed by atoms with Gasteiger partial charge in [0.1, 0.15) is 0 Å². The van der Waals surface area contributed by atoms with Crippen LogP contribution < -0.4 is 20.9 Å². The van der Waals surface area contributed by atoms with Crippen LogP contribution in [0.1, 0.15) is 15.9 Å². The van der Waals surface area contributed by atoms with Crippen molar-refractivity contribution in [3.63, 3.8) is 0 Å². The van der Waals surface area contributed by atoms with Crippen LogP contribution in [-0.2, 0) is 6.18 Å². The molecule has 1 aromatic rings. The van der Waals surface area contributed by atoms with Gasteiger partial charge in [-0.1, -0.05) is 0 Å². The Balaban J connectivity index is 3.54. The van der Waals surface area contributed by atoms with Gasteiger partial charge >= 0.3 is 6.18 Å². The van der Waals surface area contributed by atoms with Crippen LogP contribution in [0.25, 0.3) is 0 Å². The minimum atomic E-state index is -4.66. The maximum Gasteiger partial charge on any atom is 0.416 e. The Hall–Kier alpha value is -2.45. The van der Waals surface area contributed by atoms with E-state index in [2.05, 4.69) is 4.99 Å². The lowest BCUT2D eigenvalue weighted by Gasteiger charge is -2.14. The van der Waals surface area contributed by atoms with E-state index in [9.17, 15) is 18.0 Å². The average Bonchev–Trinajstić information content (AvgIpc) is 2.34. The fourth-order valence-corrected chi connectivity index (χ4v) is 1.46. The molecule has 6 nitrogen and oxygen atoms in total. The van der Waals surface area contributed by atoms with Crippen molar-refractivity contribution in [1.29, 1.82) is 0 Å². The lowest BCUT2D eigenvalue weighted by molar-refractivity contribution is -0.137. The molecule has 0 saturated carbocycles. The predicted molar refractivity (Wildman–Crippen MR) is 64.7 cm³/mol. The van der Waals surface area contributed by atoms with E-state index >= 15 is 0 Å². The number of nitrogens with zero attached hydrogens (tertiary/aromatic N) is 1. The molecule has 1 aromatic carbocycles. The van der Waals surface area contributed by atoms with Crippen molar-refractivity contribution in [2.24, 2.45) is 16.5 Å². The molecule has 0 fully saturated rings. The maximum atomic E-state index is 12.8. The number of methoxy groups -OCH3 is 2. The number of hydrogen-bond acceptors (Lipinski definition) is 3. The standard InChI is InChI=1S/C11H12F3N3O3/c1-19-7-4-5(11(12,13)14)3-6(8(7)20-2)9(18)17-10(15)16/h3-4H,1-2H3,(H4,15,16,17,18). The average molecular weight is 291 g/mol. The first kappa shape index (κ1) is 15.6. The molecule has 0 radical (unpaired) electrons. The summed E-state index contributed by atoms with van der Waals surface area (Å²) in [7, 11) is 2.32. The van der Waals surface area contributed by atoms with Crippen molar-refractivity contribution < 1.29 is 27.4 Å². The van der Waals surface area contributed by atoms with E-state index in [1.807, 2.05) is 0 Å². The molecule has 0 aliphatic carbocycles. The van der Waals surface area contributed by atoms with E-state index in [0.717, 1.165) is 7.11 Å². The molecule has 4 N–H and O–H groups in total. The Labute approximate surface area is 112 Å². The first-order valence-electron chi connectivity index (χ1n) is 5.18. The van der Waals surface area contributed by atoms with E-state index < -0.39 is 29.2 Å². The highest BCUT2D eigenvalue weighted by Crippen LogP contribution is 2.39. The van der Waals surface area contributed by atoms with Gasteiger partial charge in [0, 0.05) is 0 Å². The van der Waals surface area contributed by atoms with Gasteiger partial charge < -0.3 is 20.9 Å². The van der Waals surface area contributed by atoms with E-state index in [0.29, 0.717) is 12.1 Å². The largest absolute Gasteiger partial charge is 0.493 e. The zero-order chi connectivity index (χ0) is 15.5. The monoisotopic (exact) mass is 291 g/mol. The summed E-state index contributed by atoms with van der Waals surface area (Å²) < 4.78 is 47.9. The van der Waals surface area contributed by atoms with Gasteiger partial charge in [-0.25, -0.2) is 0 Å². The molecule has 9 heteroatoms. The van der Waals surface area contributed by atoms with Crippen molar-refractivity contribution >= 4 is 11.9 Å². The Kier molecular flexibility index (Phi) is 4.43. The quantitative estimate of drug-likeness (QED) is 0.642. The van der Waals surface area contributed by atoms with Crippen molar-refractivity contribution in [3.8, 4) is 11.5 Å². The summed E-state index contributed by atoms with van der Waals surface area (Å²) in [6, 6.07) is 1.31. The number of ether oxygens (including phenoxy) is 2. The number of halogens is 3. The number of carbonyl (C=O) groups excluding carboxylic acids is 1. The summed E-state index contributed by atoms with van der Waals surface area (Å²) in [4.78, 5) is 14.9. The number of benzene rings is 1. The van der Waals surface area contributed by atoms with Crippen LogP contribution >= 0.6 is 0 Å². The molecule has 0 aliphatic rings. The van der Waals surface area contributed by atoms with Crippen LogP contribution in [0.5, 0.6) is 11.5 Å².